The summed E-state index contributed by atoms with van der Waals surface area (Å²) in [7, 11) is 0. The van der Waals surface area contributed by atoms with E-state index in [1.54, 1.807) is 12.4 Å². The molecule has 0 aliphatic heterocycles. The van der Waals surface area contributed by atoms with Gasteiger partial charge in [-0.1, -0.05) is 20.8 Å². The van der Waals surface area contributed by atoms with Gasteiger partial charge in [0.15, 0.2) is 0 Å². The predicted molar refractivity (Wildman–Crippen MR) is 39.6 cm³/mol. The second-order valence-corrected chi connectivity index (χ2v) is 3.30. The lowest BCUT2D eigenvalue weighted by atomic mass is 9.89. The predicted octanol–water partition coefficient (Wildman–Crippen LogP) is 1.57. The molecule has 1 heterocycles. The molecule has 0 bridgehead atoms. The summed E-state index contributed by atoms with van der Waals surface area (Å²) in [6.07, 6.45) is 3.35. The third-order valence-corrected chi connectivity index (χ3v) is 1.34. The van der Waals surface area contributed by atoms with E-state index in [9.17, 15) is 0 Å². The van der Waals surface area contributed by atoms with Crippen molar-refractivity contribution in [2.75, 3.05) is 0 Å². The van der Waals surface area contributed by atoms with Crippen molar-refractivity contribution in [3.05, 3.63) is 24.0 Å². The first kappa shape index (κ1) is 7.19. The molecule has 2 heteroatoms. The Morgan fingerprint density at radius 1 is 1.30 bits per heavy atom. The first-order chi connectivity index (χ1) is 4.61. The smallest absolute Gasteiger partial charge is 0.0578 e. The summed E-state index contributed by atoms with van der Waals surface area (Å²) in [5, 5.41) is 7.42. The van der Waals surface area contributed by atoms with Crippen LogP contribution in [0.15, 0.2) is 12.4 Å². The van der Waals surface area contributed by atoms with Crippen LogP contribution in [-0.4, -0.2) is 10.2 Å². The van der Waals surface area contributed by atoms with E-state index in [-0.39, 0.29) is 5.41 Å². The fourth-order valence-corrected chi connectivity index (χ4v) is 0.670. The van der Waals surface area contributed by atoms with Gasteiger partial charge < -0.3 is 0 Å². The molecule has 1 rings (SSSR count). The summed E-state index contributed by atoms with van der Waals surface area (Å²) in [5.74, 6) is 0. The van der Waals surface area contributed by atoms with E-state index in [1.807, 2.05) is 0 Å². The molecule has 0 saturated heterocycles. The van der Waals surface area contributed by atoms with Crippen molar-refractivity contribution < 1.29 is 0 Å². The van der Waals surface area contributed by atoms with Gasteiger partial charge in [-0.3, -0.25) is 0 Å². The van der Waals surface area contributed by atoms with Gasteiger partial charge in [0.25, 0.3) is 0 Å². The van der Waals surface area contributed by atoms with Crippen LogP contribution in [0.2, 0.25) is 0 Å². The third kappa shape index (κ3) is 1.53. The van der Waals surface area contributed by atoms with Crippen molar-refractivity contribution in [3.8, 4) is 0 Å². The van der Waals surface area contributed by atoms with E-state index in [0.717, 1.165) is 5.56 Å². The van der Waals surface area contributed by atoms with E-state index in [2.05, 4.69) is 37.0 Å². The Bertz CT molecular complexity index is 198. The van der Waals surface area contributed by atoms with Crippen molar-refractivity contribution >= 4 is 0 Å². The lowest BCUT2D eigenvalue weighted by molar-refractivity contribution is 0.583. The molecule has 0 saturated carbocycles. The highest BCUT2D eigenvalue weighted by atomic mass is 15.1. The van der Waals surface area contributed by atoms with Crippen LogP contribution in [0.5, 0.6) is 0 Å². The fraction of sp³-hybridized carbons (Fsp3) is 0.500. The Balaban J connectivity index is 2.97. The van der Waals surface area contributed by atoms with Crippen molar-refractivity contribution in [2.24, 2.45) is 0 Å². The van der Waals surface area contributed by atoms with Crippen molar-refractivity contribution in [3.63, 3.8) is 0 Å². The van der Waals surface area contributed by atoms with Crippen molar-refractivity contribution in [1.29, 1.82) is 0 Å². The van der Waals surface area contributed by atoms with Crippen LogP contribution in [0.3, 0.4) is 0 Å². The Morgan fingerprint density at radius 3 is 2.30 bits per heavy atom. The molecule has 53 valence electrons. The van der Waals surface area contributed by atoms with Crippen molar-refractivity contribution in [2.45, 2.75) is 26.2 Å². The highest BCUT2D eigenvalue weighted by molar-refractivity contribution is 5.14. The summed E-state index contributed by atoms with van der Waals surface area (Å²) >= 11 is 0. The van der Waals surface area contributed by atoms with Crippen LogP contribution in [-0.2, 0) is 5.41 Å². The first-order valence-electron chi connectivity index (χ1n) is 3.29. The number of hydrogen-bond acceptors (Lipinski definition) is 2. The minimum atomic E-state index is 0.135. The van der Waals surface area contributed by atoms with Gasteiger partial charge in [0.1, 0.15) is 0 Å². The molecule has 1 aromatic heterocycles. The third-order valence-electron chi connectivity index (χ3n) is 1.34. The van der Waals surface area contributed by atoms with Gasteiger partial charge in [-0.15, -0.1) is 0 Å². The molecule has 0 unspecified atom stereocenters. The van der Waals surface area contributed by atoms with E-state index >= 15 is 0 Å². The molecular formula is C8H11N2. The zero-order valence-electron chi connectivity index (χ0n) is 6.55. The van der Waals surface area contributed by atoms with Crippen LogP contribution < -0.4 is 0 Å². The summed E-state index contributed by atoms with van der Waals surface area (Å²) in [4.78, 5) is 0. The van der Waals surface area contributed by atoms with Gasteiger partial charge in [0.05, 0.1) is 12.4 Å². The Labute approximate surface area is 61.3 Å². The maximum Gasteiger partial charge on any atom is 0.0578 e. The van der Waals surface area contributed by atoms with E-state index in [4.69, 9.17) is 0 Å². The summed E-state index contributed by atoms with van der Waals surface area (Å²) in [5.41, 5.74) is 1.23. The number of aromatic nitrogens is 2. The number of nitrogens with zero attached hydrogens (tertiary/aromatic N) is 2. The van der Waals surface area contributed by atoms with Crippen LogP contribution in [0, 0.1) is 6.07 Å². The standard InChI is InChI=1S/C8H11N2/c1-8(2,3)7-4-5-9-10-6-7/h5-6H,1-3H3. The van der Waals surface area contributed by atoms with Crippen LogP contribution in [0.25, 0.3) is 0 Å². The SMILES string of the molecule is CC(C)(C)c1[c]cnnc1. The molecule has 0 aliphatic rings. The molecule has 10 heavy (non-hydrogen) atoms. The highest BCUT2D eigenvalue weighted by Gasteiger charge is 2.12. The topological polar surface area (TPSA) is 25.8 Å². The lowest BCUT2D eigenvalue weighted by Gasteiger charge is -2.16. The first-order valence-corrected chi connectivity index (χ1v) is 3.29. The number of hydrogen-bond donors (Lipinski definition) is 0. The molecule has 0 N–H and O–H groups in total. The van der Waals surface area contributed by atoms with Crippen molar-refractivity contribution in [1.82, 2.24) is 10.2 Å². The molecular weight excluding hydrogens is 124 g/mol. The van der Waals surface area contributed by atoms with Gasteiger partial charge in [0.2, 0.25) is 0 Å². The molecule has 0 spiro atoms. The zero-order valence-corrected chi connectivity index (χ0v) is 6.55. The fourth-order valence-electron chi connectivity index (χ4n) is 0.670. The van der Waals surface area contributed by atoms with Crippen LogP contribution in [0.1, 0.15) is 26.3 Å². The number of rotatable bonds is 0. The second-order valence-electron chi connectivity index (χ2n) is 3.30. The van der Waals surface area contributed by atoms with Gasteiger partial charge in [-0.05, 0) is 11.0 Å². The van der Waals surface area contributed by atoms with Crippen LogP contribution >= 0.6 is 0 Å². The summed E-state index contributed by atoms with van der Waals surface area (Å²) in [6.45, 7) is 6.38. The van der Waals surface area contributed by atoms with E-state index in [1.165, 1.54) is 0 Å². The average Bonchev–Trinajstić information content (AvgIpc) is 1.88. The molecule has 0 aliphatic carbocycles. The zero-order chi connectivity index (χ0) is 7.61. The van der Waals surface area contributed by atoms with E-state index in [0.29, 0.717) is 0 Å². The largest absolute Gasteiger partial charge is 0.159 e. The molecule has 0 fully saturated rings. The molecule has 2 nitrogen and oxygen atoms in total. The normalized spacial score (nSPS) is 11.5. The van der Waals surface area contributed by atoms with Gasteiger partial charge in [-0.2, -0.15) is 10.2 Å². The van der Waals surface area contributed by atoms with E-state index < -0.39 is 0 Å². The molecule has 0 amide bonds. The lowest BCUT2D eigenvalue weighted by Crippen LogP contribution is -2.11. The minimum Gasteiger partial charge on any atom is -0.159 e. The van der Waals surface area contributed by atoms with Gasteiger partial charge >= 0.3 is 0 Å². The quantitative estimate of drug-likeness (QED) is 0.539. The molecule has 1 aromatic rings. The second kappa shape index (κ2) is 2.37. The molecule has 1 radical (unpaired) electrons. The molecule has 0 aromatic carbocycles. The minimum absolute atomic E-state index is 0.135. The molecule has 0 atom stereocenters. The average molecular weight is 135 g/mol. The van der Waals surface area contributed by atoms with Gasteiger partial charge in [0, 0.05) is 6.07 Å². The maximum atomic E-state index is 3.77. The monoisotopic (exact) mass is 135 g/mol. The Hall–Kier alpha value is -0.920. The Kier molecular flexibility index (Phi) is 1.70. The maximum absolute atomic E-state index is 3.77. The summed E-state index contributed by atoms with van der Waals surface area (Å²) < 4.78 is 0. The van der Waals surface area contributed by atoms with Gasteiger partial charge in [-0.25, -0.2) is 0 Å². The van der Waals surface area contributed by atoms with Crippen LogP contribution in [0.4, 0.5) is 0 Å². The summed E-state index contributed by atoms with van der Waals surface area (Å²) in [6, 6.07) is 3.03. The highest BCUT2D eigenvalue weighted by Crippen LogP contribution is 2.18. The Morgan fingerprint density at radius 2 is 2.00 bits per heavy atom.